The minimum absolute atomic E-state index is 0.0390. The van der Waals surface area contributed by atoms with Gasteiger partial charge in [-0.3, -0.25) is 9.59 Å². The standard InChI is InChI=1S/C17H28N4O3S/c1-12-19-9-13(10-20-12)25-11-15(22)14(7-5-6-8-18)21-16(23)17(2,3)24-4/h9-10,14H,5-8,11,18H2,1-4H3,(H,21,23). The van der Waals surface area contributed by atoms with E-state index in [1.165, 1.54) is 18.9 Å². The van der Waals surface area contributed by atoms with Gasteiger partial charge >= 0.3 is 0 Å². The van der Waals surface area contributed by atoms with Crippen LogP contribution in [0.4, 0.5) is 0 Å². The lowest BCUT2D eigenvalue weighted by molar-refractivity contribution is -0.141. The summed E-state index contributed by atoms with van der Waals surface area (Å²) in [7, 11) is 1.47. The van der Waals surface area contributed by atoms with Crippen LogP contribution in [0.5, 0.6) is 0 Å². The number of carbonyl (C=O) groups is 2. The fraction of sp³-hybridized carbons (Fsp3) is 0.647. The zero-order valence-electron chi connectivity index (χ0n) is 15.4. The second-order valence-electron chi connectivity index (χ2n) is 6.25. The number of Topliss-reactive ketones (excluding diaryl/α,β-unsaturated/α-hetero) is 1. The second kappa shape index (κ2) is 10.5. The molecule has 0 aliphatic heterocycles. The molecule has 8 heteroatoms. The second-order valence-corrected chi connectivity index (χ2v) is 7.29. The molecule has 1 amide bonds. The van der Waals surface area contributed by atoms with Gasteiger partial charge in [0.15, 0.2) is 5.78 Å². The molecule has 3 N–H and O–H groups in total. The summed E-state index contributed by atoms with van der Waals surface area (Å²) < 4.78 is 5.18. The van der Waals surface area contributed by atoms with Crippen LogP contribution in [0.15, 0.2) is 17.3 Å². The third-order valence-electron chi connectivity index (χ3n) is 3.84. The summed E-state index contributed by atoms with van der Waals surface area (Å²) in [4.78, 5) is 33.9. The van der Waals surface area contributed by atoms with Crippen molar-refractivity contribution in [3.8, 4) is 0 Å². The van der Waals surface area contributed by atoms with Crippen LogP contribution in [0.25, 0.3) is 0 Å². The first-order chi connectivity index (χ1) is 11.8. The zero-order valence-corrected chi connectivity index (χ0v) is 16.2. The molecule has 1 rings (SSSR count). The van der Waals surface area contributed by atoms with Gasteiger partial charge in [0.2, 0.25) is 0 Å². The lowest BCUT2D eigenvalue weighted by atomic mass is 10.0. The number of methoxy groups -OCH3 is 1. The van der Waals surface area contributed by atoms with E-state index in [9.17, 15) is 9.59 Å². The molecule has 1 unspecified atom stereocenters. The highest BCUT2D eigenvalue weighted by Crippen LogP contribution is 2.17. The third-order valence-corrected chi connectivity index (χ3v) is 4.81. The Balaban J connectivity index is 2.67. The average molecular weight is 369 g/mol. The SMILES string of the molecule is COC(C)(C)C(=O)NC(CCCCN)C(=O)CSc1cnc(C)nc1. The highest BCUT2D eigenvalue weighted by Gasteiger charge is 2.30. The van der Waals surface area contributed by atoms with Crippen LogP contribution in [0, 0.1) is 6.92 Å². The van der Waals surface area contributed by atoms with Crippen LogP contribution < -0.4 is 11.1 Å². The summed E-state index contributed by atoms with van der Waals surface area (Å²) in [5.41, 5.74) is 4.54. The van der Waals surface area contributed by atoms with Crippen molar-refractivity contribution in [3.63, 3.8) is 0 Å². The number of aromatic nitrogens is 2. The van der Waals surface area contributed by atoms with Crippen LogP contribution in [-0.4, -0.2) is 52.7 Å². The molecule has 0 aliphatic carbocycles. The van der Waals surface area contributed by atoms with Crippen molar-refractivity contribution in [1.29, 1.82) is 0 Å². The predicted octanol–water partition coefficient (Wildman–Crippen LogP) is 1.49. The Kier molecular flexibility index (Phi) is 9.02. The number of thioether (sulfide) groups is 1. The minimum Gasteiger partial charge on any atom is -0.369 e. The van der Waals surface area contributed by atoms with E-state index in [1.54, 1.807) is 33.2 Å². The average Bonchev–Trinajstić information content (AvgIpc) is 2.60. The molecule has 0 radical (unpaired) electrons. The van der Waals surface area contributed by atoms with Crippen molar-refractivity contribution in [1.82, 2.24) is 15.3 Å². The van der Waals surface area contributed by atoms with Crippen molar-refractivity contribution in [2.75, 3.05) is 19.4 Å². The molecule has 0 aliphatic rings. The van der Waals surface area contributed by atoms with Crippen LogP contribution in [0.3, 0.4) is 0 Å². The number of unbranched alkanes of at least 4 members (excludes halogenated alkanes) is 1. The molecule has 1 aromatic rings. The predicted molar refractivity (Wildman–Crippen MR) is 98.4 cm³/mol. The summed E-state index contributed by atoms with van der Waals surface area (Å²) in [6.07, 6.45) is 5.53. The van der Waals surface area contributed by atoms with E-state index in [0.717, 1.165) is 17.7 Å². The molecule has 140 valence electrons. The first-order valence-electron chi connectivity index (χ1n) is 8.30. The van der Waals surface area contributed by atoms with Gasteiger partial charge in [0.05, 0.1) is 11.8 Å². The Labute approximate surface area is 153 Å². The Morgan fingerprint density at radius 1 is 1.32 bits per heavy atom. The van der Waals surface area contributed by atoms with E-state index in [1.807, 2.05) is 0 Å². The summed E-state index contributed by atoms with van der Waals surface area (Å²) in [5.74, 6) is 0.588. The van der Waals surface area contributed by atoms with E-state index in [0.29, 0.717) is 18.8 Å². The fourth-order valence-corrected chi connectivity index (χ4v) is 2.71. The highest BCUT2D eigenvalue weighted by atomic mass is 32.2. The van der Waals surface area contributed by atoms with Crippen LogP contribution in [-0.2, 0) is 14.3 Å². The first kappa shape index (κ1) is 21.5. The number of ketones is 1. The molecular formula is C17H28N4O3S. The molecule has 0 aromatic carbocycles. The van der Waals surface area contributed by atoms with E-state index in [4.69, 9.17) is 10.5 Å². The van der Waals surface area contributed by atoms with Gasteiger partial charge in [-0.15, -0.1) is 11.8 Å². The lowest BCUT2D eigenvalue weighted by Gasteiger charge is -2.25. The summed E-state index contributed by atoms with van der Waals surface area (Å²) >= 11 is 1.36. The maximum Gasteiger partial charge on any atom is 0.252 e. The van der Waals surface area contributed by atoms with Crippen molar-refractivity contribution >= 4 is 23.5 Å². The number of nitrogens with one attached hydrogen (secondary N) is 1. The summed E-state index contributed by atoms with van der Waals surface area (Å²) in [5, 5.41) is 2.81. The fourth-order valence-electron chi connectivity index (χ4n) is 1.94. The van der Waals surface area contributed by atoms with Gasteiger partial charge in [0.25, 0.3) is 5.91 Å². The molecule has 0 spiro atoms. The number of nitrogens with zero attached hydrogens (tertiary/aromatic N) is 2. The Morgan fingerprint density at radius 2 is 1.96 bits per heavy atom. The van der Waals surface area contributed by atoms with E-state index in [2.05, 4.69) is 15.3 Å². The highest BCUT2D eigenvalue weighted by molar-refractivity contribution is 8.00. The van der Waals surface area contributed by atoms with E-state index < -0.39 is 11.6 Å². The molecule has 1 heterocycles. The van der Waals surface area contributed by atoms with Crippen molar-refractivity contribution in [2.24, 2.45) is 5.73 Å². The summed E-state index contributed by atoms with van der Waals surface area (Å²) in [6, 6.07) is -0.549. The summed E-state index contributed by atoms with van der Waals surface area (Å²) in [6.45, 7) is 5.71. The monoisotopic (exact) mass is 368 g/mol. The number of hydrogen-bond donors (Lipinski definition) is 2. The number of amides is 1. The number of carbonyl (C=O) groups excluding carboxylic acids is 2. The van der Waals surface area contributed by atoms with Gasteiger partial charge in [0.1, 0.15) is 11.4 Å². The largest absolute Gasteiger partial charge is 0.369 e. The maximum absolute atomic E-state index is 12.6. The van der Waals surface area contributed by atoms with Crippen molar-refractivity contribution in [2.45, 2.75) is 56.6 Å². The molecule has 7 nitrogen and oxygen atoms in total. The molecule has 1 atom stereocenters. The van der Waals surface area contributed by atoms with Gasteiger partial charge in [-0.1, -0.05) is 0 Å². The Hall–Kier alpha value is -1.51. The van der Waals surface area contributed by atoms with Crippen LogP contribution in [0.2, 0.25) is 0 Å². The quantitative estimate of drug-likeness (QED) is 0.450. The van der Waals surface area contributed by atoms with Crippen LogP contribution in [0.1, 0.15) is 38.9 Å². The number of nitrogens with two attached hydrogens (primary N) is 1. The molecule has 0 bridgehead atoms. The normalized spacial score (nSPS) is 12.7. The number of aryl methyl sites for hydroxylation is 1. The maximum atomic E-state index is 12.6. The zero-order chi connectivity index (χ0) is 18.9. The molecule has 1 aromatic heterocycles. The molecular weight excluding hydrogens is 340 g/mol. The van der Waals surface area contributed by atoms with Gasteiger partial charge in [-0.05, 0) is 46.6 Å². The van der Waals surface area contributed by atoms with Gasteiger partial charge in [-0.25, -0.2) is 9.97 Å². The number of ether oxygens (including phenoxy) is 1. The number of rotatable bonds is 11. The third kappa shape index (κ3) is 7.50. The molecule has 0 fully saturated rings. The van der Waals surface area contributed by atoms with Crippen molar-refractivity contribution in [3.05, 3.63) is 18.2 Å². The van der Waals surface area contributed by atoms with E-state index >= 15 is 0 Å². The molecule has 0 saturated heterocycles. The topological polar surface area (TPSA) is 107 Å². The van der Waals surface area contributed by atoms with Crippen molar-refractivity contribution < 1.29 is 14.3 Å². The lowest BCUT2D eigenvalue weighted by Crippen LogP contribution is -2.50. The van der Waals surface area contributed by atoms with Crippen LogP contribution >= 0.6 is 11.8 Å². The smallest absolute Gasteiger partial charge is 0.252 e. The molecule has 0 saturated carbocycles. The van der Waals surface area contributed by atoms with Gasteiger partial charge in [0, 0.05) is 24.4 Å². The van der Waals surface area contributed by atoms with Gasteiger partial charge < -0.3 is 15.8 Å². The molecule has 25 heavy (non-hydrogen) atoms. The van der Waals surface area contributed by atoms with Gasteiger partial charge in [-0.2, -0.15) is 0 Å². The minimum atomic E-state index is -0.982. The number of hydrogen-bond acceptors (Lipinski definition) is 7. The first-order valence-corrected chi connectivity index (χ1v) is 9.29. The Morgan fingerprint density at radius 3 is 2.52 bits per heavy atom. The Bertz CT molecular complexity index is 564. The van der Waals surface area contributed by atoms with E-state index in [-0.39, 0.29) is 17.4 Å².